The van der Waals surface area contributed by atoms with Crippen molar-refractivity contribution in [2.45, 2.75) is 20.4 Å². The average Bonchev–Trinajstić information content (AvgIpc) is 3.31. The number of hydrogen-bond donors (Lipinski definition) is 3. The van der Waals surface area contributed by atoms with Crippen LogP contribution in [0.4, 0.5) is 17.3 Å². The Labute approximate surface area is 247 Å². The molecule has 1 saturated heterocycles. The number of amides is 2. The van der Waals surface area contributed by atoms with E-state index >= 15 is 0 Å². The standard InChI is InChI=1S/C29H34N8O4S/c1-4-31-27(39)22(17-30)29-37(5-2)28(40)23(42-29)18-32-24-7-6-8-25(33-24)34-26(38)19-35-13-15-36(16-14-35)20-9-11-21(41-3)12-10-20/h6-12,18H,4-5,13-16,19H2,1-3H3,(H,31,39)(H2,32,33,34,38)/b23-18+,29-22-. The molecular formula is C29H34N8O4S. The SMILES string of the molecule is CCNC(=O)/C(C#N)=c1\s/c(=C/Nc2cccc(NC(=O)CN3CCN(c4ccc(OC)cc4)CC3)n2)c(=O)n1CC. The third-order valence-electron chi connectivity index (χ3n) is 6.66. The summed E-state index contributed by atoms with van der Waals surface area (Å²) in [6, 6.07) is 15.0. The molecule has 12 nitrogen and oxygen atoms in total. The molecule has 0 spiro atoms. The fraction of sp³-hybridized carbons (Fsp3) is 0.345. The summed E-state index contributed by atoms with van der Waals surface area (Å²) in [5.74, 6) is 0.935. The van der Waals surface area contributed by atoms with Crippen LogP contribution in [0.5, 0.6) is 5.75 Å². The Morgan fingerprint density at radius 3 is 2.45 bits per heavy atom. The molecular weight excluding hydrogens is 556 g/mol. The third kappa shape index (κ3) is 7.34. The molecule has 1 aromatic carbocycles. The van der Waals surface area contributed by atoms with Crippen LogP contribution >= 0.6 is 11.3 Å². The number of nitriles is 1. The molecule has 3 heterocycles. The van der Waals surface area contributed by atoms with E-state index in [9.17, 15) is 19.6 Å². The minimum Gasteiger partial charge on any atom is -0.497 e. The number of piperazine rings is 1. The zero-order chi connectivity index (χ0) is 30.1. The smallest absolute Gasteiger partial charge is 0.270 e. The molecule has 0 atom stereocenters. The van der Waals surface area contributed by atoms with E-state index in [1.807, 2.05) is 30.3 Å². The highest BCUT2D eigenvalue weighted by Gasteiger charge is 2.20. The molecule has 4 rings (SSSR count). The van der Waals surface area contributed by atoms with Gasteiger partial charge < -0.3 is 25.6 Å². The number of methoxy groups -OCH3 is 1. The molecule has 42 heavy (non-hydrogen) atoms. The lowest BCUT2D eigenvalue weighted by Crippen LogP contribution is -2.48. The highest BCUT2D eigenvalue weighted by atomic mass is 32.1. The molecule has 0 unspecified atom stereocenters. The molecule has 2 amide bonds. The van der Waals surface area contributed by atoms with Gasteiger partial charge in [-0.2, -0.15) is 5.26 Å². The van der Waals surface area contributed by atoms with Crippen molar-refractivity contribution >= 4 is 52.2 Å². The topological polar surface area (TPSA) is 145 Å². The number of carbonyl (C=O) groups excluding carboxylic acids is 2. The lowest BCUT2D eigenvalue weighted by atomic mass is 10.2. The van der Waals surface area contributed by atoms with Crippen molar-refractivity contribution in [3.63, 3.8) is 0 Å². The molecule has 1 fully saturated rings. The first kappa shape index (κ1) is 30.3. The van der Waals surface area contributed by atoms with Crippen LogP contribution in [0.3, 0.4) is 0 Å². The number of thiazole rings is 1. The zero-order valence-corrected chi connectivity index (χ0v) is 24.7. The Bertz CT molecular complexity index is 1630. The predicted molar refractivity (Wildman–Crippen MR) is 164 cm³/mol. The van der Waals surface area contributed by atoms with Gasteiger partial charge in [0.1, 0.15) is 32.6 Å². The maximum absolute atomic E-state index is 12.9. The van der Waals surface area contributed by atoms with Crippen molar-refractivity contribution in [2.75, 3.05) is 61.9 Å². The summed E-state index contributed by atoms with van der Waals surface area (Å²) in [7, 11) is 1.65. The Hall–Kier alpha value is -4.67. The number of rotatable bonds is 10. The predicted octanol–water partition coefficient (Wildman–Crippen LogP) is 0.754. The second-order valence-electron chi connectivity index (χ2n) is 9.37. The van der Waals surface area contributed by atoms with Crippen LogP contribution in [0.1, 0.15) is 13.8 Å². The van der Waals surface area contributed by atoms with E-state index in [2.05, 4.69) is 30.7 Å². The van der Waals surface area contributed by atoms with E-state index in [-0.39, 0.29) is 23.6 Å². The Kier molecular flexibility index (Phi) is 10.3. The molecule has 0 bridgehead atoms. The summed E-state index contributed by atoms with van der Waals surface area (Å²) < 4.78 is 7.23. The summed E-state index contributed by atoms with van der Waals surface area (Å²) in [6.45, 7) is 7.59. The number of carbonyl (C=O) groups is 2. The van der Waals surface area contributed by atoms with Crippen LogP contribution in [-0.2, 0) is 16.1 Å². The average molecular weight is 591 g/mol. The van der Waals surface area contributed by atoms with Crippen LogP contribution in [-0.4, -0.2) is 72.6 Å². The normalized spacial score (nSPS) is 14.6. The van der Waals surface area contributed by atoms with Gasteiger partial charge in [-0.05, 0) is 50.2 Å². The summed E-state index contributed by atoms with van der Waals surface area (Å²) in [5.41, 5.74) is 0.701. The van der Waals surface area contributed by atoms with Gasteiger partial charge in [-0.15, -0.1) is 11.3 Å². The summed E-state index contributed by atoms with van der Waals surface area (Å²) in [6.07, 6.45) is 1.49. The molecule has 0 aliphatic carbocycles. The molecule has 0 saturated carbocycles. The van der Waals surface area contributed by atoms with Gasteiger partial charge >= 0.3 is 0 Å². The Morgan fingerprint density at radius 2 is 1.81 bits per heavy atom. The van der Waals surface area contributed by atoms with Crippen molar-refractivity contribution in [1.82, 2.24) is 19.8 Å². The van der Waals surface area contributed by atoms with Gasteiger partial charge in [0, 0.05) is 51.2 Å². The lowest BCUT2D eigenvalue weighted by Gasteiger charge is -2.35. The maximum atomic E-state index is 12.9. The first-order valence-corrected chi connectivity index (χ1v) is 14.5. The molecule has 3 N–H and O–H groups in total. The van der Waals surface area contributed by atoms with E-state index in [0.29, 0.717) is 33.9 Å². The molecule has 220 valence electrons. The largest absolute Gasteiger partial charge is 0.497 e. The van der Waals surface area contributed by atoms with Crippen LogP contribution < -0.4 is 40.3 Å². The number of ether oxygens (including phenoxy) is 1. The van der Waals surface area contributed by atoms with Crippen molar-refractivity contribution in [3.8, 4) is 11.8 Å². The van der Waals surface area contributed by atoms with Crippen LogP contribution in [0.15, 0.2) is 47.3 Å². The number of nitrogens with zero attached hydrogens (tertiary/aromatic N) is 5. The molecule has 3 aromatic rings. The number of hydrogen-bond acceptors (Lipinski definition) is 10. The molecule has 2 aromatic heterocycles. The summed E-state index contributed by atoms with van der Waals surface area (Å²) >= 11 is 1.05. The molecule has 1 aliphatic heterocycles. The van der Waals surface area contributed by atoms with Gasteiger partial charge in [0.05, 0.1) is 13.7 Å². The highest BCUT2D eigenvalue weighted by Crippen LogP contribution is 2.20. The fourth-order valence-electron chi connectivity index (χ4n) is 4.50. The monoisotopic (exact) mass is 590 g/mol. The van der Waals surface area contributed by atoms with E-state index < -0.39 is 5.91 Å². The summed E-state index contributed by atoms with van der Waals surface area (Å²) in [4.78, 5) is 46.8. The minimum atomic E-state index is -0.521. The van der Waals surface area contributed by atoms with Gasteiger partial charge in [0.25, 0.3) is 11.5 Å². The van der Waals surface area contributed by atoms with Crippen molar-refractivity contribution in [1.29, 1.82) is 5.26 Å². The number of benzene rings is 1. The second-order valence-corrected chi connectivity index (χ2v) is 10.4. The van der Waals surface area contributed by atoms with Crippen molar-refractivity contribution in [2.24, 2.45) is 0 Å². The van der Waals surface area contributed by atoms with Crippen LogP contribution in [0.2, 0.25) is 0 Å². The molecule has 1 aliphatic rings. The van der Waals surface area contributed by atoms with Crippen molar-refractivity contribution < 1.29 is 14.3 Å². The van der Waals surface area contributed by atoms with Gasteiger partial charge in [0.15, 0.2) is 5.57 Å². The minimum absolute atomic E-state index is 0.106. The first-order valence-electron chi connectivity index (χ1n) is 13.6. The third-order valence-corrected chi connectivity index (χ3v) is 7.79. The first-order chi connectivity index (χ1) is 20.4. The van der Waals surface area contributed by atoms with Gasteiger partial charge in [0.2, 0.25) is 5.91 Å². The number of nitrogens with one attached hydrogen (secondary N) is 3. The number of aromatic nitrogens is 2. The molecule has 0 radical (unpaired) electrons. The van der Waals surface area contributed by atoms with E-state index in [0.717, 1.165) is 49.0 Å². The van der Waals surface area contributed by atoms with E-state index in [1.54, 1.807) is 39.2 Å². The summed E-state index contributed by atoms with van der Waals surface area (Å²) in [5, 5.41) is 18.0. The Balaban J connectivity index is 1.38. The van der Waals surface area contributed by atoms with Crippen molar-refractivity contribution in [3.05, 3.63) is 62.0 Å². The lowest BCUT2D eigenvalue weighted by molar-refractivity contribution is -0.117. The molecule has 13 heteroatoms. The number of pyridine rings is 1. The van der Waals surface area contributed by atoms with E-state index in [1.165, 1.54) is 10.8 Å². The fourth-order valence-corrected chi connectivity index (χ4v) is 5.59. The maximum Gasteiger partial charge on any atom is 0.270 e. The van der Waals surface area contributed by atoms with Crippen LogP contribution in [0, 0.1) is 11.3 Å². The Morgan fingerprint density at radius 1 is 1.10 bits per heavy atom. The quantitative estimate of drug-likeness (QED) is 0.312. The van der Waals surface area contributed by atoms with Crippen LogP contribution in [0.25, 0.3) is 11.8 Å². The number of anilines is 3. The van der Waals surface area contributed by atoms with Gasteiger partial charge in [-0.3, -0.25) is 23.9 Å². The second kappa shape index (κ2) is 14.3. The van der Waals surface area contributed by atoms with E-state index in [4.69, 9.17) is 4.74 Å². The van der Waals surface area contributed by atoms with Gasteiger partial charge in [-0.1, -0.05) is 6.07 Å². The zero-order valence-electron chi connectivity index (χ0n) is 23.8. The highest BCUT2D eigenvalue weighted by molar-refractivity contribution is 7.07. The van der Waals surface area contributed by atoms with Gasteiger partial charge in [-0.25, -0.2) is 4.98 Å².